The Kier molecular flexibility index (Phi) is 5.36. The molecule has 3 heteroatoms. The van der Waals surface area contributed by atoms with E-state index in [0.29, 0.717) is 12.0 Å². The molecular weight excluding hydrogens is 272 g/mol. The number of urea groups is 1. The zero-order chi connectivity index (χ0) is 15.2. The van der Waals surface area contributed by atoms with Gasteiger partial charge in [-0.2, -0.15) is 0 Å². The molecule has 1 aromatic rings. The molecule has 22 heavy (non-hydrogen) atoms. The topological polar surface area (TPSA) is 32.3 Å². The van der Waals surface area contributed by atoms with Crippen molar-refractivity contribution in [3.63, 3.8) is 0 Å². The van der Waals surface area contributed by atoms with Gasteiger partial charge in [-0.15, -0.1) is 0 Å². The van der Waals surface area contributed by atoms with Crippen LogP contribution in [0.3, 0.4) is 0 Å². The van der Waals surface area contributed by atoms with E-state index >= 15 is 0 Å². The molecule has 1 atom stereocenters. The Balaban J connectivity index is 1.60. The SMILES string of the molecule is O=C(NC1CCCCC1)N1CCCCC(c2ccccc2)C1. The Hall–Kier alpha value is -1.51. The number of hydrogen-bond acceptors (Lipinski definition) is 1. The first-order chi connectivity index (χ1) is 10.8. The molecule has 1 N–H and O–H groups in total. The second kappa shape index (κ2) is 7.66. The van der Waals surface area contributed by atoms with Crippen LogP contribution in [0.5, 0.6) is 0 Å². The monoisotopic (exact) mass is 300 g/mol. The molecule has 0 aromatic heterocycles. The number of hydrogen-bond donors (Lipinski definition) is 1. The summed E-state index contributed by atoms with van der Waals surface area (Å²) < 4.78 is 0. The molecule has 2 amide bonds. The van der Waals surface area contributed by atoms with Gasteiger partial charge in [0.05, 0.1) is 0 Å². The zero-order valence-corrected chi connectivity index (χ0v) is 13.5. The largest absolute Gasteiger partial charge is 0.335 e. The van der Waals surface area contributed by atoms with Gasteiger partial charge in [-0.1, -0.05) is 56.0 Å². The van der Waals surface area contributed by atoms with E-state index in [1.54, 1.807) is 0 Å². The van der Waals surface area contributed by atoms with Gasteiger partial charge in [0.2, 0.25) is 0 Å². The molecular formula is C19H28N2O. The van der Waals surface area contributed by atoms with Crippen molar-refractivity contribution in [1.82, 2.24) is 10.2 Å². The van der Waals surface area contributed by atoms with Crippen molar-refractivity contribution in [2.75, 3.05) is 13.1 Å². The number of amides is 2. The van der Waals surface area contributed by atoms with Crippen molar-refractivity contribution < 1.29 is 4.79 Å². The van der Waals surface area contributed by atoms with Gasteiger partial charge in [-0.05, 0) is 31.2 Å². The zero-order valence-electron chi connectivity index (χ0n) is 13.5. The summed E-state index contributed by atoms with van der Waals surface area (Å²) in [6, 6.07) is 11.2. The molecule has 1 saturated carbocycles. The average molecular weight is 300 g/mol. The summed E-state index contributed by atoms with van der Waals surface area (Å²) in [6.45, 7) is 1.77. The van der Waals surface area contributed by atoms with Crippen LogP contribution in [0.4, 0.5) is 4.79 Å². The lowest BCUT2D eigenvalue weighted by Crippen LogP contribution is -2.46. The lowest BCUT2D eigenvalue weighted by Gasteiger charge is -2.29. The lowest BCUT2D eigenvalue weighted by molar-refractivity contribution is 0.189. The van der Waals surface area contributed by atoms with Crippen LogP contribution < -0.4 is 5.32 Å². The number of carbonyl (C=O) groups excluding carboxylic acids is 1. The van der Waals surface area contributed by atoms with Crippen molar-refractivity contribution in [2.45, 2.75) is 63.3 Å². The highest BCUT2D eigenvalue weighted by atomic mass is 16.2. The number of rotatable bonds is 2. The van der Waals surface area contributed by atoms with E-state index < -0.39 is 0 Å². The van der Waals surface area contributed by atoms with Crippen molar-refractivity contribution in [3.8, 4) is 0 Å². The van der Waals surface area contributed by atoms with Crippen LogP contribution >= 0.6 is 0 Å². The van der Waals surface area contributed by atoms with E-state index in [0.717, 1.165) is 32.4 Å². The first kappa shape index (κ1) is 15.4. The Bertz CT molecular complexity index is 468. The van der Waals surface area contributed by atoms with Gasteiger partial charge in [-0.3, -0.25) is 0 Å². The highest BCUT2D eigenvalue weighted by Gasteiger charge is 2.25. The van der Waals surface area contributed by atoms with Gasteiger partial charge in [-0.25, -0.2) is 4.79 Å². The number of likely N-dealkylation sites (tertiary alicyclic amines) is 1. The van der Waals surface area contributed by atoms with Gasteiger partial charge in [0, 0.05) is 25.0 Å². The summed E-state index contributed by atoms with van der Waals surface area (Å²) in [4.78, 5) is 14.7. The minimum Gasteiger partial charge on any atom is -0.335 e. The average Bonchev–Trinajstić information content (AvgIpc) is 2.83. The third kappa shape index (κ3) is 4.02. The van der Waals surface area contributed by atoms with Crippen molar-refractivity contribution in [1.29, 1.82) is 0 Å². The van der Waals surface area contributed by atoms with Crippen LogP contribution in [0, 0.1) is 0 Å². The molecule has 1 saturated heterocycles. The molecule has 2 aliphatic rings. The third-order valence-corrected chi connectivity index (χ3v) is 5.16. The first-order valence-corrected chi connectivity index (χ1v) is 8.93. The molecule has 3 rings (SSSR count). The normalized spacial score (nSPS) is 23.8. The Morgan fingerprint density at radius 1 is 0.955 bits per heavy atom. The summed E-state index contributed by atoms with van der Waals surface area (Å²) >= 11 is 0. The van der Waals surface area contributed by atoms with Gasteiger partial charge in [0.15, 0.2) is 0 Å². The number of carbonyl (C=O) groups is 1. The fourth-order valence-corrected chi connectivity index (χ4v) is 3.84. The predicted molar refractivity (Wildman–Crippen MR) is 90.0 cm³/mol. The van der Waals surface area contributed by atoms with E-state index in [1.807, 2.05) is 0 Å². The van der Waals surface area contributed by atoms with Gasteiger partial charge in [0.25, 0.3) is 0 Å². The van der Waals surface area contributed by atoms with E-state index in [-0.39, 0.29) is 6.03 Å². The Morgan fingerprint density at radius 3 is 2.45 bits per heavy atom. The molecule has 0 spiro atoms. The fourth-order valence-electron chi connectivity index (χ4n) is 3.84. The summed E-state index contributed by atoms with van der Waals surface area (Å²) in [7, 11) is 0. The quantitative estimate of drug-likeness (QED) is 0.868. The predicted octanol–water partition coefficient (Wildman–Crippen LogP) is 4.30. The van der Waals surface area contributed by atoms with E-state index in [9.17, 15) is 4.79 Å². The number of nitrogens with one attached hydrogen (secondary N) is 1. The highest BCUT2D eigenvalue weighted by molar-refractivity contribution is 5.74. The first-order valence-electron chi connectivity index (χ1n) is 8.93. The maximum atomic E-state index is 12.6. The van der Waals surface area contributed by atoms with Crippen LogP contribution in [0.25, 0.3) is 0 Å². The molecule has 120 valence electrons. The molecule has 1 aliphatic carbocycles. The highest BCUT2D eigenvalue weighted by Crippen LogP contribution is 2.26. The van der Waals surface area contributed by atoms with Crippen LogP contribution in [0.2, 0.25) is 0 Å². The molecule has 1 unspecified atom stereocenters. The molecule has 1 aliphatic heterocycles. The minimum absolute atomic E-state index is 0.162. The lowest BCUT2D eigenvalue weighted by atomic mass is 9.94. The summed E-state index contributed by atoms with van der Waals surface area (Å²) in [5, 5.41) is 3.28. The van der Waals surface area contributed by atoms with Gasteiger partial charge >= 0.3 is 6.03 Å². The second-order valence-corrected chi connectivity index (χ2v) is 6.83. The van der Waals surface area contributed by atoms with E-state index in [4.69, 9.17) is 0 Å². The minimum atomic E-state index is 0.162. The van der Waals surface area contributed by atoms with Crippen molar-refractivity contribution >= 4 is 6.03 Å². The van der Waals surface area contributed by atoms with Crippen LogP contribution in [-0.2, 0) is 0 Å². The van der Waals surface area contributed by atoms with Gasteiger partial charge in [0.1, 0.15) is 0 Å². The maximum Gasteiger partial charge on any atom is 0.317 e. The third-order valence-electron chi connectivity index (χ3n) is 5.16. The van der Waals surface area contributed by atoms with Crippen molar-refractivity contribution in [2.24, 2.45) is 0 Å². The smallest absolute Gasteiger partial charge is 0.317 e. The van der Waals surface area contributed by atoms with Crippen LogP contribution in [0.1, 0.15) is 62.8 Å². The van der Waals surface area contributed by atoms with Crippen molar-refractivity contribution in [3.05, 3.63) is 35.9 Å². The molecule has 0 bridgehead atoms. The molecule has 0 radical (unpaired) electrons. The summed E-state index contributed by atoms with van der Waals surface area (Å²) in [5.41, 5.74) is 1.37. The summed E-state index contributed by atoms with van der Waals surface area (Å²) in [6.07, 6.45) is 9.69. The van der Waals surface area contributed by atoms with Crippen LogP contribution in [-0.4, -0.2) is 30.1 Å². The molecule has 1 heterocycles. The van der Waals surface area contributed by atoms with E-state index in [2.05, 4.69) is 40.5 Å². The Labute approximate surface area is 134 Å². The second-order valence-electron chi connectivity index (χ2n) is 6.83. The van der Waals surface area contributed by atoms with E-state index in [1.165, 1.54) is 37.7 Å². The standard InChI is InChI=1S/C19H28N2O/c22-19(20-18-12-5-2-6-13-18)21-14-8-7-11-17(15-21)16-9-3-1-4-10-16/h1,3-4,9-10,17-18H,2,5-8,11-15H2,(H,20,22). The summed E-state index contributed by atoms with van der Waals surface area (Å²) in [5.74, 6) is 0.487. The van der Waals surface area contributed by atoms with Crippen LogP contribution in [0.15, 0.2) is 30.3 Å². The number of nitrogens with zero attached hydrogens (tertiary/aromatic N) is 1. The maximum absolute atomic E-state index is 12.6. The molecule has 1 aromatic carbocycles. The number of benzene rings is 1. The fraction of sp³-hybridized carbons (Fsp3) is 0.632. The molecule has 2 fully saturated rings. The van der Waals surface area contributed by atoms with Gasteiger partial charge < -0.3 is 10.2 Å². The Morgan fingerprint density at radius 2 is 1.68 bits per heavy atom. The molecule has 3 nitrogen and oxygen atoms in total.